The molecule has 0 radical (unpaired) electrons. The molecule has 1 aliphatic heterocycles. The summed E-state index contributed by atoms with van der Waals surface area (Å²) in [6.07, 6.45) is 3.48. The number of carbonyl (C=O) groups is 3. The monoisotopic (exact) mass is 452 g/mol. The molecule has 2 aromatic carbocycles. The minimum absolute atomic E-state index is 0.227. The summed E-state index contributed by atoms with van der Waals surface area (Å²) in [6.45, 7) is 4.65. The average molecular weight is 453 g/mol. The summed E-state index contributed by atoms with van der Waals surface area (Å²) in [5.41, 5.74) is 3.50. The number of nitrogens with one attached hydrogen (secondary N) is 2. The van der Waals surface area contributed by atoms with Crippen molar-refractivity contribution in [3.05, 3.63) is 59.7 Å². The molecule has 2 aromatic rings. The van der Waals surface area contributed by atoms with Crippen LogP contribution in [-0.4, -0.2) is 61.7 Å². The fraction of sp³-hybridized carbons (Fsp3) is 0.333. The van der Waals surface area contributed by atoms with Crippen LogP contribution < -0.4 is 15.5 Å². The summed E-state index contributed by atoms with van der Waals surface area (Å²) in [5.74, 6) is -1.34. The molecule has 3 amide bonds. The van der Waals surface area contributed by atoms with Gasteiger partial charge in [0.2, 0.25) is 0 Å². The number of morpholine rings is 1. The number of benzene rings is 2. The Morgan fingerprint density at radius 1 is 1.06 bits per heavy atom. The molecule has 1 aliphatic rings. The Kier molecular flexibility index (Phi) is 8.96. The molecule has 0 spiro atoms. The molecular weight excluding hydrogens is 424 g/mol. The lowest BCUT2D eigenvalue weighted by atomic mass is 10.1. The second-order valence-electron chi connectivity index (χ2n) is 7.37. The van der Waals surface area contributed by atoms with Crippen LogP contribution in [0, 0.1) is 0 Å². The highest BCUT2D eigenvalue weighted by Crippen LogP contribution is 2.18. The lowest BCUT2D eigenvalue weighted by Crippen LogP contribution is -2.41. The fourth-order valence-corrected chi connectivity index (χ4v) is 3.10. The summed E-state index contributed by atoms with van der Waals surface area (Å²) >= 11 is 0. The van der Waals surface area contributed by atoms with Gasteiger partial charge in [-0.1, -0.05) is 25.5 Å². The Labute approximate surface area is 192 Å². The Hall–Kier alpha value is -3.72. The van der Waals surface area contributed by atoms with Gasteiger partial charge in [0.15, 0.2) is 0 Å². The molecule has 2 N–H and O–H groups in total. The zero-order valence-corrected chi connectivity index (χ0v) is 18.6. The molecular formula is C24H28N4O5. The first-order chi connectivity index (χ1) is 16.1. The van der Waals surface area contributed by atoms with Gasteiger partial charge in [0, 0.05) is 13.1 Å². The van der Waals surface area contributed by atoms with Crippen LogP contribution in [0.3, 0.4) is 0 Å². The topological polar surface area (TPSA) is 109 Å². The first-order valence-corrected chi connectivity index (χ1v) is 10.9. The largest absolute Gasteiger partial charge is 0.494 e. The number of unbranched alkanes of at least 4 members (excludes halogenated alkanes) is 1. The summed E-state index contributed by atoms with van der Waals surface area (Å²) < 4.78 is 10.9. The summed E-state index contributed by atoms with van der Waals surface area (Å²) in [7, 11) is 0. The van der Waals surface area contributed by atoms with E-state index in [1.807, 2.05) is 12.1 Å². The zero-order chi connectivity index (χ0) is 23.5. The lowest BCUT2D eigenvalue weighted by molar-refractivity contribution is -0.136. The van der Waals surface area contributed by atoms with Crippen LogP contribution in [0.2, 0.25) is 0 Å². The van der Waals surface area contributed by atoms with E-state index in [1.54, 1.807) is 41.3 Å². The molecule has 0 saturated carbocycles. The van der Waals surface area contributed by atoms with Crippen LogP contribution in [-0.2, 0) is 14.3 Å². The molecule has 0 unspecified atom stereocenters. The molecule has 33 heavy (non-hydrogen) atoms. The van der Waals surface area contributed by atoms with E-state index in [1.165, 1.54) is 6.21 Å². The zero-order valence-electron chi connectivity index (χ0n) is 18.6. The van der Waals surface area contributed by atoms with E-state index in [4.69, 9.17) is 9.47 Å². The van der Waals surface area contributed by atoms with Crippen LogP contribution in [0.15, 0.2) is 53.6 Å². The van der Waals surface area contributed by atoms with Gasteiger partial charge in [0.1, 0.15) is 5.75 Å². The molecule has 9 heteroatoms. The molecule has 0 bridgehead atoms. The van der Waals surface area contributed by atoms with Gasteiger partial charge in [-0.15, -0.1) is 0 Å². The predicted octanol–water partition coefficient (Wildman–Crippen LogP) is 2.43. The van der Waals surface area contributed by atoms with E-state index < -0.39 is 11.8 Å². The fourth-order valence-electron chi connectivity index (χ4n) is 3.10. The van der Waals surface area contributed by atoms with E-state index >= 15 is 0 Å². The third kappa shape index (κ3) is 7.15. The molecule has 1 fully saturated rings. The van der Waals surface area contributed by atoms with E-state index in [9.17, 15) is 14.4 Å². The molecule has 9 nitrogen and oxygen atoms in total. The van der Waals surface area contributed by atoms with Gasteiger partial charge < -0.3 is 19.7 Å². The van der Waals surface area contributed by atoms with E-state index in [0.29, 0.717) is 38.5 Å². The highest BCUT2D eigenvalue weighted by Gasteiger charge is 2.22. The highest BCUT2D eigenvalue weighted by molar-refractivity contribution is 6.40. The minimum atomic E-state index is -0.945. The normalized spacial score (nSPS) is 13.5. The number of amides is 3. The molecule has 0 atom stereocenters. The maximum Gasteiger partial charge on any atom is 0.329 e. The number of nitrogens with zero attached hydrogens (tertiary/aromatic N) is 2. The number of rotatable bonds is 8. The molecule has 174 valence electrons. The van der Waals surface area contributed by atoms with Crippen molar-refractivity contribution < 1.29 is 23.9 Å². The standard InChI is InChI=1S/C24H28N4O5/c1-2-3-14-33-19-10-8-18(9-11-19)17-25-27-23(30)22(29)26-21-7-5-4-6-20(21)24(31)28-12-15-32-16-13-28/h4-11,17H,2-3,12-16H2,1H3,(H,26,29)(H,27,30). The van der Waals surface area contributed by atoms with Gasteiger partial charge in [-0.2, -0.15) is 5.10 Å². The van der Waals surface area contributed by atoms with Gasteiger partial charge in [-0.05, 0) is 48.4 Å². The molecule has 0 aromatic heterocycles. The van der Waals surface area contributed by atoms with E-state index in [2.05, 4.69) is 22.8 Å². The molecule has 1 heterocycles. The second kappa shape index (κ2) is 12.4. The number of carbonyl (C=O) groups excluding carboxylic acids is 3. The Morgan fingerprint density at radius 2 is 1.79 bits per heavy atom. The van der Waals surface area contributed by atoms with Gasteiger partial charge in [-0.25, -0.2) is 5.43 Å². The SMILES string of the molecule is CCCCOc1ccc(C=NNC(=O)C(=O)Nc2ccccc2C(=O)N2CCOCC2)cc1. The average Bonchev–Trinajstić information content (AvgIpc) is 2.85. The Balaban J connectivity index is 1.53. The van der Waals surface area contributed by atoms with E-state index in [-0.39, 0.29) is 11.6 Å². The second-order valence-corrected chi connectivity index (χ2v) is 7.37. The van der Waals surface area contributed by atoms with Gasteiger partial charge >= 0.3 is 11.8 Å². The first kappa shape index (κ1) is 23.9. The van der Waals surface area contributed by atoms with Crippen LogP contribution >= 0.6 is 0 Å². The maximum atomic E-state index is 12.8. The number of anilines is 1. The lowest BCUT2D eigenvalue weighted by Gasteiger charge is -2.27. The van der Waals surface area contributed by atoms with Gasteiger partial charge in [0.05, 0.1) is 37.3 Å². The Morgan fingerprint density at radius 3 is 2.52 bits per heavy atom. The summed E-state index contributed by atoms with van der Waals surface area (Å²) in [6, 6.07) is 13.8. The minimum Gasteiger partial charge on any atom is -0.494 e. The van der Waals surface area contributed by atoms with Crippen molar-refractivity contribution in [2.24, 2.45) is 5.10 Å². The van der Waals surface area contributed by atoms with Crippen LogP contribution in [0.1, 0.15) is 35.7 Å². The number of ether oxygens (including phenoxy) is 2. The summed E-state index contributed by atoms with van der Waals surface area (Å²) in [4.78, 5) is 38.9. The van der Waals surface area contributed by atoms with Crippen molar-refractivity contribution in [3.63, 3.8) is 0 Å². The van der Waals surface area contributed by atoms with Gasteiger partial charge in [-0.3, -0.25) is 14.4 Å². The number of hydrogen-bond donors (Lipinski definition) is 2. The van der Waals surface area contributed by atoms with Crippen LogP contribution in [0.25, 0.3) is 0 Å². The first-order valence-electron chi connectivity index (χ1n) is 10.9. The van der Waals surface area contributed by atoms with Crippen molar-refractivity contribution in [2.75, 3.05) is 38.2 Å². The number of para-hydroxylation sites is 1. The van der Waals surface area contributed by atoms with Crippen molar-refractivity contribution in [2.45, 2.75) is 19.8 Å². The predicted molar refractivity (Wildman–Crippen MR) is 124 cm³/mol. The van der Waals surface area contributed by atoms with Crippen molar-refractivity contribution >= 4 is 29.6 Å². The summed E-state index contributed by atoms with van der Waals surface area (Å²) in [5, 5.41) is 6.32. The third-order valence-corrected chi connectivity index (χ3v) is 4.94. The quantitative estimate of drug-likeness (QED) is 0.277. The van der Waals surface area contributed by atoms with Crippen molar-refractivity contribution in [1.29, 1.82) is 0 Å². The van der Waals surface area contributed by atoms with Crippen molar-refractivity contribution in [3.8, 4) is 5.75 Å². The van der Waals surface area contributed by atoms with Crippen LogP contribution in [0.5, 0.6) is 5.75 Å². The smallest absolute Gasteiger partial charge is 0.329 e. The molecule has 0 aliphatic carbocycles. The number of hydrazone groups is 1. The van der Waals surface area contributed by atoms with Crippen LogP contribution in [0.4, 0.5) is 5.69 Å². The van der Waals surface area contributed by atoms with E-state index in [0.717, 1.165) is 24.2 Å². The highest BCUT2D eigenvalue weighted by atomic mass is 16.5. The Bertz CT molecular complexity index is 985. The van der Waals surface area contributed by atoms with Gasteiger partial charge in [0.25, 0.3) is 5.91 Å². The third-order valence-electron chi connectivity index (χ3n) is 4.94. The maximum absolute atomic E-state index is 12.8. The van der Waals surface area contributed by atoms with Crippen molar-refractivity contribution in [1.82, 2.24) is 10.3 Å². The molecule has 1 saturated heterocycles. The molecule has 3 rings (SSSR count). The number of hydrogen-bond acceptors (Lipinski definition) is 6.